The molecule has 0 radical (unpaired) electrons. The van der Waals surface area contributed by atoms with Crippen molar-refractivity contribution in [2.24, 2.45) is 17.8 Å². The Morgan fingerprint density at radius 3 is 2.21 bits per heavy atom. The Kier molecular flexibility index (Phi) is 5.70. The number of nitrogens with zero attached hydrogens (tertiary/aromatic N) is 2. The molecule has 150 valence electrons. The number of rotatable bonds is 4. The molecule has 0 N–H and O–H groups in total. The molecule has 1 heterocycles. The van der Waals surface area contributed by atoms with Gasteiger partial charge in [-0.2, -0.15) is 0 Å². The molecule has 1 aromatic carbocycles. The molecule has 2 aromatic rings. The minimum atomic E-state index is -1.47. The Labute approximate surface area is 164 Å². The van der Waals surface area contributed by atoms with Crippen LogP contribution in [0.5, 0.6) is 0 Å². The highest BCUT2D eigenvalue weighted by molar-refractivity contribution is 5.55. The van der Waals surface area contributed by atoms with Crippen molar-refractivity contribution in [3.8, 4) is 11.4 Å². The zero-order valence-corrected chi connectivity index (χ0v) is 16.3. The van der Waals surface area contributed by atoms with Crippen LogP contribution in [0.3, 0.4) is 0 Å². The molecule has 0 bridgehead atoms. The standard InChI is InChI=1S/C23H27F3N2/c1-2-3-14-4-5-16-9-17(7-6-15(16)8-14)19-12-27-23(28-13-19)18-10-20(24)22(26)21(25)11-18/h10-17H,2-9H2,1H3. The second-order valence-electron chi connectivity index (χ2n) is 8.59. The molecule has 0 spiro atoms. The van der Waals surface area contributed by atoms with Gasteiger partial charge in [0.25, 0.3) is 0 Å². The molecular weight excluding hydrogens is 361 g/mol. The SMILES string of the molecule is CCCC1CCC2CC(c3cnc(-c4cc(F)c(F)c(F)c4)nc3)CCC2C1. The summed E-state index contributed by atoms with van der Waals surface area (Å²) in [5.74, 6) is -0.652. The molecular formula is C23H27F3N2. The molecule has 2 aliphatic rings. The molecule has 2 saturated carbocycles. The Bertz CT molecular complexity index is 798. The van der Waals surface area contributed by atoms with Crippen LogP contribution in [0.1, 0.15) is 69.8 Å². The Morgan fingerprint density at radius 2 is 1.54 bits per heavy atom. The summed E-state index contributed by atoms with van der Waals surface area (Å²) in [4.78, 5) is 8.62. The van der Waals surface area contributed by atoms with Gasteiger partial charge in [-0.25, -0.2) is 23.1 Å². The molecule has 0 saturated heterocycles. The fraction of sp³-hybridized carbons (Fsp3) is 0.565. The summed E-state index contributed by atoms with van der Waals surface area (Å²) < 4.78 is 40.1. The normalized spacial score (nSPS) is 27.4. The Balaban J connectivity index is 1.44. The number of benzene rings is 1. The molecule has 4 unspecified atom stereocenters. The lowest BCUT2D eigenvalue weighted by Crippen LogP contribution is -2.30. The second kappa shape index (κ2) is 8.22. The number of hydrogen-bond donors (Lipinski definition) is 0. The first-order valence-corrected chi connectivity index (χ1v) is 10.5. The van der Waals surface area contributed by atoms with E-state index in [0.29, 0.717) is 5.92 Å². The maximum atomic E-state index is 13.5. The average Bonchev–Trinajstić information content (AvgIpc) is 2.71. The quantitative estimate of drug-likeness (QED) is 0.547. The van der Waals surface area contributed by atoms with Crippen molar-refractivity contribution in [2.75, 3.05) is 0 Å². The van der Waals surface area contributed by atoms with Crippen molar-refractivity contribution >= 4 is 0 Å². The van der Waals surface area contributed by atoms with E-state index in [0.717, 1.165) is 41.9 Å². The monoisotopic (exact) mass is 388 g/mol. The van der Waals surface area contributed by atoms with Gasteiger partial charge in [-0.1, -0.05) is 26.2 Å². The summed E-state index contributed by atoms with van der Waals surface area (Å²) in [5, 5.41) is 0. The van der Waals surface area contributed by atoms with E-state index in [1.807, 2.05) is 0 Å². The van der Waals surface area contributed by atoms with Crippen molar-refractivity contribution in [2.45, 2.75) is 64.2 Å². The van der Waals surface area contributed by atoms with Crippen molar-refractivity contribution in [3.05, 3.63) is 47.5 Å². The third-order valence-corrected chi connectivity index (χ3v) is 6.80. The van der Waals surface area contributed by atoms with Crippen LogP contribution < -0.4 is 0 Å². The second-order valence-corrected chi connectivity index (χ2v) is 8.59. The Morgan fingerprint density at radius 1 is 0.893 bits per heavy atom. The topological polar surface area (TPSA) is 25.8 Å². The zero-order valence-electron chi connectivity index (χ0n) is 16.3. The van der Waals surface area contributed by atoms with E-state index >= 15 is 0 Å². The third kappa shape index (κ3) is 3.94. The van der Waals surface area contributed by atoms with Crippen LogP contribution in [0.2, 0.25) is 0 Å². The van der Waals surface area contributed by atoms with Crippen LogP contribution >= 0.6 is 0 Å². The molecule has 0 aliphatic heterocycles. The first-order valence-electron chi connectivity index (χ1n) is 10.5. The van der Waals surface area contributed by atoms with Crippen LogP contribution in [-0.4, -0.2) is 9.97 Å². The van der Waals surface area contributed by atoms with Gasteiger partial charge < -0.3 is 0 Å². The van der Waals surface area contributed by atoms with Crippen LogP contribution in [-0.2, 0) is 0 Å². The van der Waals surface area contributed by atoms with E-state index < -0.39 is 17.5 Å². The summed E-state index contributed by atoms with van der Waals surface area (Å²) >= 11 is 0. The molecule has 2 nitrogen and oxygen atoms in total. The largest absolute Gasteiger partial charge is 0.236 e. The molecule has 4 rings (SSSR count). The molecule has 5 heteroatoms. The van der Waals surface area contributed by atoms with Gasteiger partial charge in [0, 0.05) is 18.0 Å². The molecule has 1 aromatic heterocycles. The fourth-order valence-corrected chi connectivity index (χ4v) is 5.34. The molecule has 4 atom stereocenters. The summed E-state index contributed by atoms with van der Waals surface area (Å²) in [6, 6.07) is 1.88. The lowest BCUT2D eigenvalue weighted by Gasteiger charge is -2.42. The summed E-state index contributed by atoms with van der Waals surface area (Å²) in [6.07, 6.45) is 13.9. The van der Waals surface area contributed by atoms with Gasteiger partial charge in [0.2, 0.25) is 0 Å². The van der Waals surface area contributed by atoms with Crippen LogP contribution in [0, 0.1) is 35.2 Å². The smallest absolute Gasteiger partial charge is 0.194 e. The summed E-state index contributed by atoms with van der Waals surface area (Å²) in [6.45, 7) is 2.28. The minimum Gasteiger partial charge on any atom is -0.236 e. The van der Waals surface area contributed by atoms with Crippen molar-refractivity contribution in [1.82, 2.24) is 9.97 Å². The van der Waals surface area contributed by atoms with E-state index in [4.69, 9.17) is 0 Å². The van der Waals surface area contributed by atoms with Gasteiger partial charge in [-0.15, -0.1) is 0 Å². The van der Waals surface area contributed by atoms with Gasteiger partial charge in [-0.3, -0.25) is 0 Å². The van der Waals surface area contributed by atoms with Gasteiger partial charge >= 0.3 is 0 Å². The lowest BCUT2D eigenvalue weighted by molar-refractivity contribution is 0.114. The fourth-order valence-electron chi connectivity index (χ4n) is 5.34. The van der Waals surface area contributed by atoms with Gasteiger partial charge in [0.15, 0.2) is 23.3 Å². The average molecular weight is 388 g/mol. The van der Waals surface area contributed by atoms with E-state index in [1.165, 1.54) is 44.9 Å². The first-order chi connectivity index (χ1) is 13.5. The maximum absolute atomic E-state index is 13.5. The number of hydrogen-bond acceptors (Lipinski definition) is 2. The van der Waals surface area contributed by atoms with E-state index in [-0.39, 0.29) is 11.4 Å². The highest BCUT2D eigenvalue weighted by Gasteiger charge is 2.35. The van der Waals surface area contributed by atoms with Crippen LogP contribution in [0.25, 0.3) is 11.4 Å². The highest BCUT2D eigenvalue weighted by Crippen LogP contribution is 2.48. The number of aromatic nitrogens is 2. The highest BCUT2D eigenvalue weighted by atomic mass is 19.2. The number of fused-ring (bicyclic) bond motifs is 1. The molecule has 0 amide bonds. The molecule has 2 aliphatic carbocycles. The van der Waals surface area contributed by atoms with Crippen molar-refractivity contribution in [3.63, 3.8) is 0 Å². The minimum absolute atomic E-state index is 0.154. The zero-order chi connectivity index (χ0) is 19.7. The van der Waals surface area contributed by atoms with Crippen molar-refractivity contribution < 1.29 is 13.2 Å². The van der Waals surface area contributed by atoms with Crippen molar-refractivity contribution in [1.29, 1.82) is 0 Å². The van der Waals surface area contributed by atoms with E-state index in [2.05, 4.69) is 16.9 Å². The van der Waals surface area contributed by atoms with E-state index in [9.17, 15) is 13.2 Å². The number of halogens is 3. The van der Waals surface area contributed by atoms with E-state index in [1.54, 1.807) is 12.4 Å². The lowest BCUT2D eigenvalue weighted by atomic mass is 9.63. The maximum Gasteiger partial charge on any atom is 0.194 e. The Hall–Kier alpha value is -1.91. The van der Waals surface area contributed by atoms with Crippen LogP contribution in [0.15, 0.2) is 24.5 Å². The molecule has 28 heavy (non-hydrogen) atoms. The predicted molar refractivity (Wildman–Crippen MR) is 103 cm³/mol. The van der Waals surface area contributed by atoms with Crippen LogP contribution in [0.4, 0.5) is 13.2 Å². The first kappa shape index (κ1) is 19.4. The summed E-state index contributed by atoms with van der Waals surface area (Å²) in [5.41, 5.74) is 1.25. The van der Waals surface area contributed by atoms with Gasteiger partial charge in [0.1, 0.15) is 0 Å². The summed E-state index contributed by atoms with van der Waals surface area (Å²) in [7, 11) is 0. The third-order valence-electron chi connectivity index (χ3n) is 6.80. The molecule has 2 fully saturated rings. The van der Waals surface area contributed by atoms with Gasteiger partial charge in [0.05, 0.1) is 0 Å². The predicted octanol–water partition coefficient (Wildman–Crippen LogP) is 6.66. The van der Waals surface area contributed by atoms with Gasteiger partial charge in [-0.05, 0) is 73.5 Å².